The Hall–Kier alpha value is -1.35. The van der Waals surface area contributed by atoms with Gasteiger partial charge in [-0.05, 0) is 38.0 Å². The monoisotopic (exact) mass is 194 g/mol. The molecule has 0 unspecified atom stereocenters. The Morgan fingerprint density at radius 3 is 2.36 bits per heavy atom. The minimum absolute atomic E-state index is 0.141. The number of aryl methyl sites for hydroxylation is 1. The molecule has 0 spiro atoms. The third-order valence-corrected chi connectivity index (χ3v) is 2.51. The summed E-state index contributed by atoms with van der Waals surface area (Å²) in [6.45, 7) is 4.76. The second-order valence-corrected chi connectivity index (χ2v) is 3.42. The van der Waals surface area contributed by atoms with Gasteiger partial charge in [0.1, 0.15) is 12.4 Å². The molecule has 0 saturated carbocycles. The first-order chi connectivity index (χ1) is 6.49. The van der Waals surface area contributed by atoms with Crippen LogP contribution in [-0.2, 0) is 0 Å². The number of rotatable bonds is 2. The fraction of sp³-hybridized carbons (Fsp3) is 0.364. The lowest BCUT2D eigenvalue weighted by atomic mass is 9.97. The van der Waals surface area contributed by atoms with Gasteiger partial charge in [0.15, 0.2) is 5.78 Å². The van der Waals surface area contributed by atoms with E-state index in [-0.39, 0.29) is 11.5 Å². The van der Waals surface area contributed by atoms with E-state index in [2.05, 4.69) is 0 Å². The number of phenolic OH excluding ortho intramolecular Hbond substituents is 1. The highest BCUT2D eigenvalue weighted by atomic mass is 16.3. The molecule has 0 bridgehead atoms. The van der Waals surface area contributed by atoms with Gasteiger partial charge >= 0.3 is 0 Å². The summed E-state index contributed by atoms with van der Waals surface area (Å²) in [5.74, 6) is -0.220. The zero-order valence-electron chi connectivity index (χ0n) is 8.59. The number of phenols is 1. The van der Waals surface area contributed by atoms with Crippen LogP contribution in [0, 0.1) is 20.8 Å². The molecule has 0 aliphatic heterocycles. The number of Topliss-reactive ketones (excluding diaryl/α,β-unsaturated/α-hetero) is 1. The second kappa shape index (κ2) is 3.80. The Bertz CT molecular complexity index is 381. The smallest absolute Gasteiger partial charge is 0.188 e. The average Bonchev–Trinajstić information content (AvgIpc) is 2.19. The molecule has 0 aliphatic carbocycles. The first kappa shape index (κ1) is 10.7. The fourth-order valence-electron chi connectivity index (χ4n) is 1.40. The van der Waals surface area contributed by atoms with E-state index < -0.39 is 6.61 Å². The van der Waals surface area contributed by atoms with E-state index in [1.54, 1.807) is 19.9 Å². The van der Waals surface area contributed by atoms with E-state index in [1.165, 1.54) is 0 Å². The van der Waals surface area contributed by atoms with Crippen molar-refractivity contribution < 1.29 is 15.0 Å². The van der Waals surface area contributed by atoms with E-state index in [1.807, 2.05) is 6.92 Å². The summed E-state index contributed by atoms with van der Waals surface area (Å²) in [5, 5.41) is 18.4. The number of hydrogen-bond donors (Lipinski definition) is 2. The molecule has 2 N–H and O–H groups in total. The number of hydrogen-bond acceptors (Lipinski definition) is 3. The Morgan fingerprint density at radius 1 is 1.29 bits per heavy atom. The molecule has 0 atom stereocenters. The molecule has 1 aromatic carbocycles. The maximum absolute atomic E-state index is 11.3. The molecule has 0 amide bonds. The highest BCUT2D eigenvalue weighted by Gasteiger charge is 2.14. The van der Waals surface area contributed by atoms with Crippen molar-refractivity contribution in [1.29, 1.82) is 0 Å². The summed E-state index contributed by atoms with van der Waals surface area (Å²) >= 11 is 0. The largest absolute Gasteiger partial charge is 0.507 e. The molecule has 0 aliphatic rings. The summed E-state index contributed by atoms with van der Waals surface area (Å²) < 4.78 is 0. The molecule has 76 valence electrons. The van der Waals surface area contributed by atoms with Gasteiger partial charge in [0, 0.05) is 11.1 Å². The highest BCUT2D eigenvalue weighted by molar-refractivity contribution is 5.99. The number of aliphatic hydroxyl groups is 1. The number of carbonyl (C=O) groups excluding carboxylic acids is 1. The van der Waals surface area contributed by atoms with Gasteiger partial charge in [-0.3, -0.25) is 4.79 Å². The van der Waals surface area contributed by atoms with Gasteiger partial charge in [-0.1, -0.05) is 0 Å². The normalized spacial score (nSPS) is 10.3. The Kier molecular flexibility index (Phi) is 2.91. The molecule has 3 nitrogen and oxygen atoms in total. The molecule has 3 heteroatoms. The third kappa shape index (κ3) is 1.63. The molecule has 1 rings (SSSR count). The maximum Gasteiger partial charge on any atom is 0.188 e. The zero-order valence-corrected chi connectivity index (χ0v) is 8.59. The number of benzene rings is 1. The lowest BCUT2D eigenvalue weighted by Crippen LogP contribution is -2.07. The number of carbonyl (C=O) groups is 1. The van der Waals surface area contributed by atoms with Crippen LogP contribution < -0.4 is 0 Å². The van der Waals surface area contributed by atoms with Crippen molar-refractivity contribution in [3.63, 3.8) is 0 Å². The van der Waals surface area contributed by atoms with Gasteiger partial charge < -0.3 is 10.2 Å². The molecule has 14 heavy (non-hydrogen) atoms. The van der Waals surface area contributed by atoms with Gasteiger partial charge in [-0.15, -0.1) is 0 Å². The predicted octanol–water partition coefficient (Wildman–Crippen LogP) is 1.49. The lowest BCUT2D eigenvalue weighted by molar-refractivity contribution is 0.0902. The van der Waals surface area contributed by atoms with Gasteiger partial charge in [0.2, 0.25) is 0 Å². The number of ketones is 1. The Balaban J connectivity index is 3.40. The van der Waals surface area contributed by atoms with Gasteiger partial charge in [-0.25, -0.2) is 0 Å². The maximum atomic E-state index is 11.3. The number of aliphatic hydroxyl groups excluding tert-OH is 1. The molecule has 0 aromatic heterocycles. The Labute approximate surface area is 83.0 Å². The van der Waals surface area contributed by atoms with Gasteiger partial charge in [0.05, 0.1) is 0 Å². The van der Waals surface area contributed by atoms with E-state index in [0.717, 1.165) is 11.1 Å². The van der Waals surface area contributed by atoms with Crippen molar-refractivity contribution in [3.05, 3.63) is 28.3 Å². The fourth-order valence-corrected chi connectivity index (χ4v) is 1.40. The van der Waals surface area contributed by atoms with Crippen LogP contribution in [0.4, 0.5) is 0 Å². The molecule has 0 saturated heterocycles. The zero-order chi connectivity index (χ0) is 10.9. The van der Waals surface area contributed by atoms with Crippen LogP contribution in [0.5, 0.6) is 5.75 Å². The van der Waals surface area contributed by atoms with Crippen molar-refractivity contribution in [3.8, 4) is 5.75 Å². The van der Waals surface area contributed by atoms with Crippen molar-refractivity contribution in [2.75, 3.05) is 6.61 Å². The Morgan fingerprint density at radius 2 is 1.86 bits per heavy atom. The van der Waals surface area contributed by atoms with Crippen molar-refractivity contribution in [2.24, 2.45) is 0 Å². The van der Waals surface area contributed by atoms with Crippen LogP contribution in [0.2, 0.25) is 0 Å². The van der Waals surface area contributed by atoms with Crippen molar-refractivity contribution in [1.82, 2.24) is 0 Å². The molecule has 0 heterocycles. The van der Waals surface area contributed by atoms with E-state index in [9.17, 15) is 9.90 Å². The minimum atomic E-state index is -0.525. The summed E-state index contributed by atoms with van der Waals surface area (Å²) in [6, 6.07) is 1.70. The minimum Gasteiger partial charge on any atom is -0.507 e. The molecule has 1 aromatic rings. The lowest BCUT2D eigenvalue weighted by Gasteiger charge is -2.10. The summed E-state index contributed by atoms with van der Waals surface area (Å²) in [4.78, 5) is 11.3. The van der Waals surface area contributed by atoms with Crippen LogP contribution in [0.3, 0.4) is 0 Å². The highest BCUT2D eigenvalue weighted by Crippen LogP contribution is 2.27. The second-order valence-electron chi connectivity index (χ2n) is 3.42. The quantitative estimate of drug-likeness (QED) is 0.701. The first-order valence-electron chi connectivity index (χ1n) is 4.42. The standard InChI is InChI=1S/C11H14O3/c1-6-4-9(10(13)5-12)8(3)11(14)7(6)2/h4,12,14H,5H2,1-3H3. The first-order valence-corrected chi connectivity index (χ1v) is 4.42. The molecular formula is C11H14O3. The summed E-state index contributed by atoms with van der Waals surface area (Å²) in [6.07, 6.45) is 0. The van der Waals surface area contributed by atoms with Gasteiger partial charge in [-0.2, -0.15) is 0 Å². The average molecular weight is 194 g/mol. The molecular weight excluding hydrogens is 180 g/mol. The van der Waals surface area contributed by atoms with Crippen LogP contribution in [-0.4, -0.2) is 22.6 Å². The van der Waals surface area contributed by atoms with Gasteiger partial charge in [0.25, 0.3) is 0 Å². The van der Waals surface area contributed by atoms with Crippen molar-refractivity contribution >= 4 is 5.78 Å². The topological polar surface area (TPSA) is 57.5 Å². The predicted molar refractivity (Wildman–Crippen MR) is 53.7 cm³/mol. The van der Waals surface area contributed by atoms with E-state index >= 15 is 0 Å². The van der Waals surface area contributed by atoms with Crippen LogP contribution >= 0.6 is 0 Å². The molecule has 0 radical (unpaired) electrons. The SMILES string of the molecule is Cc1cc(C(=O)CO)c(C)c(O)c1C. The third-order valence-electron chi connectivity index (χ3n) is 2.51. The number of aromatic hydroxyl groups is 1. The van der Waals surface area contributed by atoms with Crippen LogP contribution in [0.1, 0.15) is 27.0 Å². The summed E-state index contributed by atoms with van der Waals surface area (Å²) in [5.41, 5.74) is 2.56. The van der Waals surface area contributed by atoms with E-state index in [4.69, 9.17) is 5.11 Å². The molecule has 0 fully saturated rings. The van der Waals surface area contributed by atoms with E-state index in [0.29, 0.717) is 11.1 Å². The van der Waals surface area contributed by atoms with Crippen LogP contribution in [0.15, 0.2) is 6.07 Å². The van der Waals surface area contributed by atoms with Crippen LogP contribution in [0.25, 0.3) is 0 Å². The summed E-state index contributed by atoms with van der Waals surface area (Å²) in [7, 11) is 0. The van der Waals surface area contributed by atoms with Crippen molar-refractivity contribution in [2.45, 2.75) is 20.8 Å².